The number of hydrogen-bond acceptors (Lipinski definition) is 2. The van der Waals surface area contributed by atoms with E-state index >= 15 is 0 Å². The van der Waals surface area contributed by atoms with Crippen molar-refractivity contribution in [2.75, 3.05) is 0 Å². The van der Waals surface area contributed by atoms with Crippen LogP contribution in [0.15, 0.2) is 57.9 Å². The van der Waals surface area contributed by atoms with Crippen LogP contribution in [-0.4, -0.2) is 6.04 Å². The van der Waals surface area contributed by atoms with E-state index in [9.17, 15) is 4.39 Å². The van der Waals surface area contributed by atoms with Crippen molar-refractivity contribution in [3.8, 4) is 0 Å². The Morgan fingerprint density at radius 3 is 2.16 bits per heavy atom. The first-order valence-corrected chi connectivity index (χ1v) is 7.67. The van der Waals surface area contributed by atoms with Gasteiger partial charge in [-0.05, 0) is 48.9 Å². The zero-order valence-corrected chi connectivity index (χ0v) is 12.9. The Kier molecular flexibility index (Phi) is 5.02. The van der Waals surface area contributed by atoms with Gasteiger partial charge in [0.05, 0.1) is 0 Å². The predicted octanol–water partition coefficient (Wildman–Crippen LogP) is 4.77. The molecule has 2 N–H and O–H groups in total. The number of benzene rings is 2. The third-order valence-corrected chi connectivity index (χ3v) is 4.78. The molecule has 0 amide bonds. The van der Waals surface area contributed by atoms with Crippen LogP contribution in [0.4, 0.5) is 4.39 Å². The summed E-state index contributed by atoms with van der Waals surface area (Å²) >= 11 is 5.08. The summed E-state index contributed by atoms with van der Waals surface area (Å²) < 4.78 is 14.0. The molecule has 2 rings (SSSR count). The molecule has 0 aliphatic heterocycles. The van der Waals surface area contributed by atoms with Gasteiger partial charge in [0.25, 0.3) is 0 Å². The van der Waals surface area contributed by atoms with E-state index in [1.54, 1.807) is 23.9 Å². The molecular formula is C15H15BrFNS. The van der Waals surface area contributed by atoms with Crippen molar-refractivity contribution in [1.29, 1.82) is 0 Å². The van der Waals surface area contributed by atoms with Gasteiger partial charge in [0.2, 0.25) is 0 Å². The fourth-order valence-electron chi connectivity index (χ4n) is 1.79. The Balaban J connectivity index is 2.21. The van der Waals surface area contributed by atoms with Crippen LogP contribution in [0, 0.1) is 5.82 Å². The molecule has 1 nitrogen and oxygen atoms in total. The van der Waals surface area contributed by atoms with E-state index in [1.165, 1.54) is 17.7 Å². The molecule has 0 radical (unpaired) electrons. The minimum Gasteiger partial charge on any atom is -0.327 e. The summed E-state index contributed by atoms with van der Waals surface area (Å²) in [7, 11) is 0. The van der Waals surface area contributed by atoms with E-state index in [0.29, 0.717) is 0 Å². The second kappa shape index (κ2) is 6.55. The SMILES string of the molecule is CC(N)C(Sc1ccc(F)cc1)c1ccc(Br)cc1. The molecular weight excluding hydrogens is 325 g/mol. The van der Waals surface area contributed by atoms with Gasteiger partial charge in [0, 0.05) is 20.7 Å². The molecule has 0 aromatic heterocycles. The van der Waals surface area contributed by atoms with Crippen molar-refractivity contribution in [3.05, 3.63) is 64.4 Å². The monoisotopic (exact) mass is 339 g/mol. The first kappa shape index (κ1) is 14.6. The third-order valence-electron chi connectivity index (χ3n) is 2.75. The van der Waals surface area contributed by atoms with Gasteiger partial charge in [-0.15, -0.1) is 11.8 Å². The van der Waals surface area contributed by atoms with Crippen LogP contribution in [0.5, 0.6) is 0 Å². The standard InChI is InChI=1S/C15H15BrFNS/c1-10(18)15(11-2-4-12(16)5-3-11)19-14-8-6-13(17)7-9-14/h2-10,15H,18H2,1H3. The van der Waals surface area contributed by atoms with E-state index in [2.05, 4.69) is 28.1 Å². The predicted molar refractivity (Wildman–Crippen MR) is 82.8 cm³/mol. The normalized spacial score (nSPS) is 14.1. The molecule has 0 saturated carbocycles. The van der Waals surface area contributed by atoms with Gasteiger partial charge in [-0.1, -0.05) is 28.1 Å². The molecule has 0 heterocycles. The van der Waals surface area contributed by atoms with Crippen molar-refractivity contribution < 1.29 is 4.39 Å². The highest BCUT2D eigenvalue weighted by molar-refractivity contribution is 9.10. The summed E-state index contributed by atoms with van der Waals surface area (Å²) in [5.74, 6) is -0.217. The number of nitrogens with two attached hydrogens (primary N) is 1. The van der Waals surface area contributed by atoms with Crippen LogP contribution in [-0.2, 0) is 0 Å². The first-order chi connectivity index (χ1) is 9.06. The Morgan fingerprint density at radius 2 is 1.63 bits per heavy atom. The number of hydrogen-bond donors (Lipinski definition) is 1. The molecule has 0 fully saturated rings. The molecule has 0 aliphatic carbocycles. The second-order valence-electron chi connectivity index (χ2n) is 4.40. The average molecular weight is 340 g/mol. The lowest BCUT2D eigenvalue weighted by atomic mass is 10.1. The van der Waals surface area contributed by atoms with Gasteiger partial charge in [-0.25, -0.2) is 4.39 Å². The summed E-state index contributed by atoms with van der Waals surface area (Å²) in [5, 5.41) is 0.151. The Hall–Kier alpha value is -0.840. The molecule has 100 valence electrons. The summed E-state index contributed by atoms with van der Waals surface area (Å²) in [4.78, 5) is 1.02. The summed E-state index contributed by atoms with van der Waals surface area (Å²) in [6, 6.07) is 14.7. The zero-order valence-electron chi connectivity index (χ0n) is 10.5. The van der Waals surface area contributed by atoms with Crippen LogP contribution >= 0.6 is 27.7 Å². The molecule has 2 unspecified atom stereocenters. The lowest BCUT2D eigenvalue weighted by Gasteiger charge is -2.21. The first-order valence-electron chi connectivity index (χ1n) is 5.99. The van der Waals surface area contributed by atoms with Gasteiger partial charge in [0.15, 0.2) is 0 Å². The van der Waals surface area contributed by atoms with Gasteiger partial charge in [0.1, 0.15) is 5.82 Å². The summed E-state index contributed by atoms with van der Waals surface area (Å²) in [5.41, 5.74) is 7.25. The number of rotatable bonds is 4. The molecule has 0 spiro atoms. The molecule has 0 bridgehead atoms. The van der Waals surface area contributed by atoms with E-state index in [1.807, 2.05) is 19.1 Å². The topological polar surface area (TPSA) is 26.0 Å². The highest BCUT2D eigenvalue weighted by Gasteiger charge is 2.17. The molecule has 2 aromatic rings. The summed E-state index contributed by atoms with van der Waals surface area (Å²) in [6.07, 6.45) is 0. The number of thioether (sulfide) groups is 1. The van der Waals surface area contributed by atoms with Crippen molar-refractivity contribution in [1.82, 2.24) is 0 Å². The molecule has 0 saturated heterocycles. The van der Waals surface area contributed by atoms with E-state index in [4.69, 9.17) is 5.73 Å². The maximum Gasteiger partial charge on any atom is 0.123 e. The van der Waals surface area contributed by atoms with E-state index in [0.717, 1.165) is 9.37 Å². The van der Waals surface area contributed by atoms with Crippen molar-refractivity contribution >= 4 is 27.7 Å². The van der Waals surface area contributed by atoms with Crippen molar-refractivity contribution in [2.45, 2.75) is 23.1 Å². The van der Waals surface area contributed by atoms with Crippen LogP contribution in [0.2, 0.25) is 0 Å². The van der Waals surface area contributed by atoms with Gasteiger partial charge < -0.3 is 5.73 Å². The van der Waals surface area contributed by atoms with Crippen molar-refractivity contribution in [2.24, 2.45) is 5.73 Å². The van der Waals surface area contributed by atoms with Crippen LogP contribution in [0.3, 0.4) is 0 Å². The zero-order chi connectivity index (χ0) is 13.8. The minimum absolute atomic E-state index is 0.0104. The summed E-state index contributed by atoms with van der Waals surface area (Å²) in [6.45, 7) is 1.99. The molecule has 4 heteroatoms. The molecule has 2 aromatic carbocycles. The largest absolute Gasteiger partial charge is 0.327 e. The van der Waals surface area contributed by atoms with Gasteiger partial charge >= 0.3 is 0 Å². The lowest BCUT2D eigenvalue weighted by Crippen LogP contribution is -2.22. The molecule has 19 heavy (non-hydrogen) atoms. The Morgan fingerprint density at radius 1 is 1.05 bits per heavy atom. The van der Waals surface area contributed by atoms with Gasteiger partial charge in [-0.3, -0.25) is 0 Å². The quantitative estimate of drug-likeness (QED) is 0.812. The molecule has 0 aliphatic rings. The number of halogens is 2. The van der Waals surface area contributed by atoms with Crippen molar-refractivity contribution in [3.63, 3.8) is 0 Å². The van der Waals surface area contributed by atoms with Crippen LogP contribution < -0.4 is 5.73 Å². The lowest BCUT2D eigenvalue weighted by molar-refractivity contribution is 0.626. The van der Waals surface area contributed by atoms with Gasteiger partial charge in [-0.2, -0.15) is 0 Å². The van der Waals surface area contributed by atoms with Crippen LogP contribution in [0.1, 0.15) is 17.7 Å². The highest BCUT2D eigenvalue weighted by Crippen LogP contribution is 2.37. The minimum atomic E-state index is -0.217. The highest BCUT2D eigenvalue weighted by atomic mass is 79.9. The Bertz CT molecular complexity index is 525. The Labute approximate surface area is 125 Å². The maximum atomic E-state index is 12.9. The maximum absolute atomic E-state index is 12.9. The second-order valence-corrected chi connectivity index (χ2v) is 6.53. The van der Waals surface area contributed by atoms with E-state index in [-0.39, 0.29) is 17.1 Å². The fraction of sp³-hybridized carbons (Fsp3) is 0.200. The molecule has 2 atom stereocenters. The smallest absolute Gasteiger partial charge is 0.123 e. The fourth-order valence-corrected chi connectivity index (χ4v) is 3.15. The average Bonchev–Trinajstić information content (AvgIpc) is 2.39. The van der Waals surface area contributed by atoms with E-state index < -0.39 is 0 Å². The van der Waals surface area contributed by atoms with Crippen LogP contribution in [0.25, 0.3) is 0 Å². The third kappa shape index (κ3) is 4.06.